The number of furan rings is 1. The Bertz CT molecular complexity index is 1070. The third-order valence-electron chi connectivity index (χ3n) is 4.60. The van der Waals surface area contributed by atoms with E-state index >= 15 is 0 Å². The van der Waals surface area contributed by atoms with E-state index in [2.05, 4.69) is 0 Å². The first-order chi connectivity index (χ1) is 14.3. The number of nitro benzene ring substituents is 1. The minimum absolute atomic E-state index is 0.00494. The van der Waals surface area contributed by atoms with E-state index in [-0.39, 0.29) is 39.9 Å². The van der Waals surface area contributed by atoms with E-state index in [9.17, 15) is 14.9 Å². The van der Waals surface area contributed by atoms with E-state index in [1.807, 2.05) is 6.92 Å². The summed E-state index contributed by atoms with van der Waals surface area (Å²) in [6.45, 7) is 1.85. The molecule has 0 saturated heterocycles. The van der Waals surface area contributed by atoms with Gasteiger partial charge in [0.05, 0.1) is 24.3 Å². The van der Waals surface area contributed by atoms with Crippen molar-refractivity contribution in [3.8, 4) is 17.2 Å². The van der Waals surface area contributed by atoms with Gasteiger partial charge in [0.2, 0.25) is 5.75 Å². The number of rotatable bonds is 7. The number of hydrogen-bond donors (Lipinski definition) is 0. The van der Waals surface area contributed by atoms with Crippen LogP contribution in [-0.2, 0) is 0 Å². The average molecular weight is 431 g/mol. The lowest BCUT2D eigenvalue weighted by Crippen LogP contribution is -2.29. The van der Waals surface area contributed by atoms with Crippen molar-refractivity contribution in [3.63, 3.8) is 0 Å². The van der Waals surface area contributed by atoms with Crippen molar-refractivity contribution in [2.45, 2.75) is 13.0 Å². The molecule has 1 unspecified atom stereocenters. The van der Waals surface area contributed by atoms with Gasteiger partial charge in [-0.3, -0.25) is 14.9 Å². The van der Waals surface area contributed by atoms with Crippen molar-refractivity contribution >= 4 is 23.2 Å². The second-order valence-electron chi connectivity index (χ2n) is 6.44. The molecule has 0 aliphatic rings. The van der Waals surface area contributed by atoms with Crippen LogP contribution in [0, 0.1) is 10.1 Å². The molecular weight excluding hydrogens is 412 g/mol. The van der Waals surface area contributed by atoms with Gasteiger partial charge in [-0.2, -0.15) is 0 Å². The van der Waals surface area contributed by atoms with Crippen LogP contribution in [0.5, 0.6) is 17.2 Å². The van der Waals surface area contributed by atoms with Gasteiger partial charge in [-0.15, -0.1) is 0 Å². The van der Waals surface area contributed by atoms with E-state index in [0.29, 0.717) is 11.3 Å². The van der Waals surface area contributed by atoms with E-state index in [1.54, 1.807) is 31.5 Å². The Kier molecular flexibility index (Phi) is 6.27. The Morgan fingerprint density at radius 1 is 1.17 bits per heavy atom. The van der Waals surface area contributed by atoms with Gasteiger partial charge in [0.25, 0.3) is 5.91 Å². The highest BCUT2D eigenvalue weighted by molar-refractivity contribution is 6.30. The van der Waals surface area contributed by atoms with E-state index in [4.69, 9.17) is 25.5 Å². The molecule has 9 heteroatoms. The zero-order chi connectivity index (χ0) is 21.8. The van der Waals surface area contributed by atoms with Crippen molar-refractivity contribution in [2.24, 2.45) is 0 Å². The van der Waals surface area contributed by atoms with E-state index in [1.165, 1.54) is 42.3 Å². The number of carbonyl (C=O) groups is 1. The molecular formula is C21H19ClN2O6. The largest absolute Gasteiger partial charge is 0.493 e. The van der Waals surface area contributed by atoms with Crippen molar-refractivity contribution in [1.82, 2.24) is 4.90 Å². The smallest absolute Gasteiger partial charge is 0.313 e. The normalized spacial score (nSPS) is 11.6. The fourth-order valence-electron chi connectivity index (χ4n) is 2.82. The van der Waals surface area contributed by atoms with Gasteiger partial charge >= 0.3 is 5.69 Å². The molecule has 1 atom stereocenters. The van der Waals surface area contributed by atoms with Crippen LogP contribution in [0.4, 0.5) is 5.69 Å². The number of carbonyl (C=O) groups excluding carboxylic acids is 1. The van der Waals surface area contributed by atoms with Crippen LogP contribution in [0.1, 0.15) is 29.1 Å². The first-order valence-corrected chi connectivity index (χ1v) is 9.30. The maximum atomic E-state index is 12.9. The molecule has 3 rings (SSSR count). The van der Waals surface area contributed by atoms with Gasteiger partial charge in [-0.1, -0.05) is 11.6 Å². The minimum atomic E-state index is -0.587. The fourth-order valence-corrected chi connectivity index (χ4v) is 2.99. The molecule has 0 aliphatic heterocycles. The zero-order valence-electron chi connectivity index (χ0n) is 16.5. The molecule has 30 heavy (non-hydrogen) atoms. The number of halogens is 1. The van der Waals surface area contributed by atoms with Crippen LogP contribution in [-0.4, -0.2) is 29.9 Å². The summed E-state index contributed by atoms with van der Waals surface area (Å²) < 4.78 is 16.4. The molecule has 0 N–H and O–H groups in total. The maximum absolute atomic E-state index is 12.9. The number of benzene rings is 2. The molecule has 8 nitrogen and oxygen atoms in total. The topological polar surface area (TPSA) is 95.0 Å². The molecule has 0 bridgehead atoms. The Morgan fingerprint density at radius 2 is 1.90 bits per heavy atom. The number of nitrogens with zero attached hydrogens (tertiary/aromatic N) is 2. The molecule has 0 saturated carbocycles. The van der Waals surface area contributed by atoms with Crippen molar-refractivity contribution in [3.05, 3.63) is 81.3 Å². The van der Waals surface area contributed by atoms with Gasteiger partial charge in [-0.25, -0.2) is 0 Å². The lowest BCUT2D eigenvalue weighted by atomic mass is 10.1. The summed E-state index contributed by atoms with van der Waals surface area (Å²) in [7, 11) is 3.09. The van der Waals surface area contributed by atoms with Gasteiger partial charge in [0.1, 0.15) is 5.76 Å². The molecule has 2 aromatic carbocycles. The van der Waals surface area contributed by atoms with Gasteiger partial charge in [0.15, 0.2) is 11.5 Å². The summed E-state index contributed by atoms with van der Waals surface area (Å²) in [6, 6.07) is 12.0. The summed E-state index contributed by atoms with van der Waals surface area (Å²) in [6.07, 6.45) is 1.55. The molecule has 1 heterocycles. The lowest BCUT2D eigenvalue weighted by Gasteiger charge is -2.23. The first kappa shape index (κ1) is 21.2. The number of methoxy groups -OCH3 is 1. The molecule has 3 aromatic rings. The number of amides is 1. The number of hydrogen-bond acceptors (Lipinski definition) is 6. The van der Waals surface area contributed by atoms with Crippen molar-refractivity contribution in [2.75, 3.05) is 14.2 Å². The zero-order valence-corrected chi connectivity index (χ0v) is 17.3. The molecule has 1 aromatic heterocycles. The van der Waals surface area contributed by atoms with E-state index in [0.717, 1.165) is 0 Å². The van der Waals surface area contributed by atoms with Gasteiger partial charge in [-0.05, 0) is 49.4 Å². The predicted molar refractivity (Wildman–Crippen MR) is 110 cm³/mol. The summed E-state index contributed by atoms with van der Waals surface area (Å²) in [4.78, 5) is 25.1. The second-order valence-corrected chi connectivity index (χ2v) is 6.88. The van der Waals surface area contributed by atoms with Crippen LogP contribution in [0.2, 0.25) is 5.02 Å². The lowest BCUT2D eigenvalue weighted by molar-refractivity contribution is -0.385. The Labute approximate surface area is 177 Å². The first-order valence-electron chi connectivity index (χ1n) is 8.92. The van der Waals surface area contributed by atoms with Gasteiger partial charge < -0.3 is 18.8 Å². The van der Waals surface area contributed by atoms with Crippen LogP contribution in [0.25, 0.3) is 0 Å². The molecule has 0 fully saturated rings. The monoisotopic (exact) mass is 430 g/mol. The van der Waals surface area contributed by atoms with Crippen LogP contribution in [0.3, 0.4) is 0 Å². The Hall–Kier alpha value is -3.52. The molecule has 0 radical (unpaired) electrons. The van der Waals surface area contributed by atoms with Crippen LogP contribution >= 0.6 is 11.6 Å². The Balaban J connectivity index is 1.87. The fraction of sp³-hybridized carbons (Fsp3) is 0.190. The maximum Gasteiger partial charge on any atom is 0.313 e. The third-order valence-corrected chi connectivity index (χ3v) is 4.84. The molecule has 156 valence electrons. The van der Waals surface area contributed by atoms with Gasteiger partial charge in [0, 0.05) is 23.7 Å². The average Bonchev–Trinajstić information content (AvgIpc) is 3.28. The molecule has 0 spiro atoms. The second kappa shape index (κ2) is 8.87. The van der Waals surface area contributed by atoms with Crippen molar-refractivity contribution < 1.29 is 23.6 Å². The molecule has 0 aliphatic carbocycles. The third kappa shape index (κ3) is 4.38. The summed E-state index contributed by atoms with van der Waals surface area (Å²) in [5.41, 5.74) is 0.0856. The number of nitro groups is 1. The van der Waals surface area contributed by atoms with Crippen LogP contribution < -0.4 is 9.47 Å². The minimum Gasteiger partial charge on any atom is -0.493 e. The highest BCUT2D eigenvalue weighted by atomic mass is 35.5. The summed E-state index contributed by atoms with van der Waals surface area (Å²) in [5, 5.41) is 11.5. The van der Waals surface area contributed by atoms with Crippen LogP contribution in [0.15, 0.2) is 59.2 Å². The summed E-state index contributed by atoms with van der Waals surface area (Å²) >= 11 is 5.84. The quantitative estimate of drug-likeness (QED) is 0.364. The standard InChI is InChI=1S/C21H19ClN2O6/c1-13(17-5-4-10-29-17)23(2)21(25)14-6-8-19(20(11-14)28-3)30-18-9-7-15(22)12-16(18)24(26)27/h4-13H,1-3H3. The van der Waals surface area contributed by atoms with E-state index < -0.39 is 4.92 Å². The number of ether oxygens (including phenoxy) is 2. The predicted octanol–water partition coefficient (Wildman–Crippen LogP) is 5.48. The SMILES string of the molecule is COc1cc(C(=O)N(C)C(C)c2ccco2)ccc1Oc1ccc(Cl)cc1[N+](=O)[O-]. The van der Waals surface area contributed by atoms with Crippen molar-refractivity contribution in [1.29, 1.82) is 0 Å². The Morgan fingerprint density at radius 3 is 2.53 bits per heavy atom. The molecule has 1 amide bonds. The highest BCUT2D eigenvalue weighted by Gasteiger charge is 2.23. The highest BCUT2D eigenvalue weighted by Crippen LogP contribution is 2.38. The summed E-state index contributed by atoms with van der Waals surface area (Å²) in [5.74, 6) is 0.893.